The third kappa shape index (κ3) is 16.3. The van der Waals surface area contributed by atoms with Gasteiger partial charge < -0.3 is 20.5 Å². The van der Waals surface area contributed by atoms with Crippen LogP contribution < -0.4 is 11.1 Å². The van der Waals surface area contributed by atoms with Crippen LogP contribution in [0.15, 0.2) is 146 Å². The van der Waals surface area contributed by atoms with Crippen LogP contribution in [-0.2, 0) is 26.6 Å². The molecular formula is C50H52F6N2O3. The van der Waals surface area contributed by atoms with Gasteiger partial charge in [-0.05, 0) is 101 Å². The Balaban J connectivity index is 0.000000201. The molecule has 5 nitrogen and oxygen atoms in total. The van der Waals surface area contributed by atoms with E-state index in [-0.39, 0.29) is 18.7 Å². The molecule has 6 aromatic rings. The summed E-state index contributed by atoms with van der Waals surface area (Å²) in [6, 6.07) is 39.5. The fraction of sp³-hybridized carbons (Fsp3) is 0.260. The monoisotopic (exact) mass is 842 g/mol. The van der Waals surface area contributed by atoms with Crippen molar-refractivity contribution >= 4 is 39.7 Å². The van der Waals surface area contributed by atoms with Crippen LogP contribution in [0.3, 0.4) is 0 Å². The minimum absolute atomic E-state index is 0.0472. The Morgan fingerprint density at radius 1 is 0.672 bits per heavy atom. The van der Waals surface area contributed by atoms with Crippen molar-refractivity contribution in [2.24, 2.45) is 5.73 Å². The van der Waals surface area contributed by atoms with Gasteiger partial charge in [-0.2, -0.15) is 26.3 Å². The van der Waals surface area contributed by atoms with Gasteiger partial charge in [0, 0.05) is 38.8 Å². The highest BCUT2D eigenvalue weighted by atomic mass is 19.4. The van der Waals surface area contributed by atoms with Gasteiger partial charge in [-0.3, -0.25) is 4.79 Å². The molecule has 1 fully saturated rings. The molecule has 11 heteroatoms. The molecule has 1 heterocycles. The summed E-state index contributed by atoms with van der Waals surface area (Å²) in [5.41, 5.74) is 7.93. The second-order valence-corrected chi connectivity index (χ2v) is 14.2. The van der Waals surface area contributed by atoms with E-state index in [4.69, 9.17) is 10.5 Å². The average molecular weight is 843 g/mol. The van der Waals surface area contributed by atoms with Crippen molar-refractivity contribution in [1.29, 1.82) is 0 Å². The van der Waals surface area contributed by atoms with E-state index in [1.54, 1.807) is 18.2 Å². The summed E-state index contributed by atoms with van der Waals surface area (Å²) >= 11 is 0. The van der Waals surface area contributed by atoms with E-state index in [0.29, 0.717) is 17.7 Å². The van der Waals surface area contributed by atoms with Crippen molar-refractivity contribution in [3.8, 4) is 0 Å². The van der Waals surface area contributed by atoms with Gasteiger partial charge in [0.15, 0.2) is 0 Å². The number of carbonyl (C=O) groups excluding carboxylic acids is 1. The molecule has 1 aliphatic heterocycles. The first kappa shape index (κ1) is 47.9. The number of nitrogens with one attached hydrogen (secondary N) is 1. The Bertz CT molecular complexity index is 2310. The molecule has 6 aromatic carbocycles. The average Bonchev–Trinajstić information content (AvgIpc) is 3.84. The second kappa shape index (κ2) is 23.9. The maximum Gasteiger partial charge on any atom is 0.416 e. The molecule has 1 saturated heterocycles. The smallest absolute Gasteiger partial charge is 0.416 e. The van der Waals surface area contributed by atoms with E-state index in [0.717, 1.165) is 37.5 Å². The molecule has 0 spiro atoms. The fourth-order valence-electron chi connectivity index (χ4n) is 6.32. The summed E-state index contributed by atoms with van der Waals surface area (Å²) in [4.78, 5) is 10.4. The van der Waals surface area contributed by atoms with Crippen LogP contribution in [0.4, 0.5) is 26.3 Å². The molecular weight excluding hydrogens is 791 g/mol. The molecule has 0 saturated carbocycles. The van der Waals surface area contributed by atoms with Crippen LogP contribution in [0.2, 0.25) is 0 Å². The van der Waals surface area contributed by atoms with E-state index in [1.807, 2.05) is 43.3 Å². The van der Waals surface area contributed by atoms with Crippen molar-refractivity contribution < 1.29 is 40.6 Å². The van der Waals surface area contributed by atoms with E-state index in [9.17, 15) is 31.1 Å². The number of fused-ring (bicyclic) bond motifs is 2. The molecule has 0 amide bonds. The summed E-state index contributed by atoms with van der Waals surface area (Å²) in [6.45, 7) is 7.98. The quantitative estimate of drug-likeness (QED) is 0.112. The van der Waals surface area contributed by atoms with Crippen molar-refractivity contribution in [3.63, 3.8) is 0 Å². The number of rotatable bonds is 9. The maximum atomic E-state index is 12.7. The lowest BCUT2D eigenvalue weighted by atomic mass is 10.00. The predicted molar refractivity (Wildman–Crippen MR) is 235 cm³/mol. The number of hydrogen-bond donors (Lipinski definition) is 2. The lowest BCUT2D eigenvalue weighted by Crippen LogP contribution is -2.18. The van der Waals surface area contributed by atoms with Crippen LogP contribution in [0.5, 0.6) is 0 Å². The highest BCUT2D eigenvalue weighted by molar-refractivity contribution is 5.86. The Morgan fingerprint density at radius 2 is 1.13 bits per heavy atom. The number of hydrogen-bond acceptors (Lipinski definition) is 5. The molecule has 0 radical (unpaired) electrons. The number of esters is 1. The predicted octanol–water partition coefficient (Wildman–Crippen LogP) is 13.2. The highest BCUT2D eigenvalue weighted by Gasteiger charge is 2.31. The molecule has 0 aromatic heterocycles. The molecule has 61 heavy (non-hydrogen) atoms. The van der Waals surface area contributed by atoms with Crippen LogP contribution in [-0.4, -0.2) is 32.3 Å². The van der Waals surface area contributed by atoms with E-state index in [2.05, 4.69) is 71.6 Å². The number of carbonyl (C=O) groups is 1. The number of nitrogens with two attached hydrogens (primary N) is 1. The third-order valence-corrected chi connectivity index (χ3v) is 9.40. The Morgan fingerprint density at radius 3 is 1.61 bits per heavy atom. The lowest BCUT2D eigenvalue weighted by molar-refractivity contribution is -0.140. The van der Waals surface area contributed by atoms with E-state index >= 15 is 0 Å². The Hall–Kier alpha value is -5.75. The molecule has 0 bridgehead atoms. The van der Waals surface area contributed by atoms with Gasteiger partial charge in [0.2, 0.25) is 0 Å². The Kier molecular flexibility index (Phi) is 18.8. The van der Waals surface area contributed by atoms with Gasteiger partial charge in [-0.1, -0.05) is 127 Å². The molecule has 322 valence electrons. The number of alkyl halides is 6. The van der Waals surface area contributed by atoms with Crippen LogP contribution >= 0.6 is 0 Å². The lowest BCUT2D eigenvalue weighted by Gasteiger charge is -2.15. The summed E-state index contributed by atoms with van der Waals surface area (Å²) in [5, 5.41) is 8.32. The summed E-state index contributed by atoms with van der Waals surface area (Å²) in [7, 11) is 0. The van der Waals surface area contributed by atoms with Crippen LogP contribution in [0.1, 0.15) is 79.1 Å². The Labute approximate surface area is 353 Å². The molecule has 0 unspecified atom stereocenters. The zero-order chi connectivity index (χ0) is 44.3. The van der Waals surface area contributed by atoms with Gasteiger partial charge in [0.25, 0.3) is 0 Å². The second-order valence-electron chi connectivity index (χ2n) is 14.2. The first-order chi connectivity index (χ1) is 29.1. The van der Waals surface area contributed by atoms with Crippen LogP contribution in [0, 0.1) is 0 Å². The van der Waals surface area contributed by atoms with Gasteiger partial charge in [-0.15, -0.1) is 0 Å². The van der Waals surface area contributed by atoms with Gasteiger partial charge >= 0.3 is 18.3 Å². The fourth-order valence-corrected chi connectivity index (χ4v) is 6.32. The number of benzene rings is 6. The zero-order valence-electron chi connectivity index (χ0n) is 34.5. The van der Waals surface area contributed by atoms with E-state index < -0.39 is 29.4 Å². The van der Waals surface area contributed by atoms with Crippen molar-refractivity contribution in [1.82, 2.24) is 5.32 Å². The van der Waals surface area contributed by atoms with Gasteiger partial charge in [0.1, 0.15) is 6.61 Å². The van der Waals surface area contributed by atoms with Gasteiger partial charge in [0.05, 0.1) is 11.1 Å². The first-order valence-electron chi connectivity index (χ1n) is 20.0. The maximum absolute atomic E-state index is 12.7. The van der Waals surface area contributed by atoms with E-state index in [1.165, 1.54) is 76.7 Å². The van der Waals surface area contributed by atoms with Gasteiger partial charge in [-0.25, -0.2) is 0 Å². The SMILES string of the molecule is C1CCOC1.CC(=O)OC/C=C/c1cccc(C(F)(F)F)c1.C[C@@H](N)c1cccc2ccccc12.C[C@@H](NC/C=C/c1cccc(C(F)(F)F)c1)c1cccc2ccccc12. The van der Waals surface area contributed by atoms with Crippen molar-refractivity contribution in [2.75, 3.05) is 26.4 Å². The minimum Gasteiger partial charge on any atom is -0.462 e. The largest absolute Gasteiger partial charge is 0.462 e. The topological polar surface area (TPSA) is 73.6 Å². The van der Waals surface area contributed by atoms with Crippen LogP contribution in [0.25, 0.3) is 33.7 Å². The first-order valence-corrected chi connectivity index (χ1v) is 20.0. The van der Waals surface area contributed by atoms with Crippen molar-refractivity contribution in [3.05, 3.63) is 179 Å². The normalized spacial score (nSPS) is 13.7. The standard InChI is InChI=1S/C22H20F3N.C12H11F3O2.C12H13N.C4H8O/c1-16(20-13-5-10-18-9-2-3-12-21(18)20)26-14-6-8-17-7-4-11-19(15-17)22(23,24)25;1-9(16)17-7-3-5-10-4-2-6-11(8-10)12(13,14)15;1-9(13)11-8-4-6-10-5-2-3-7-12(10)11;1-2-4-5-3-1/h2-13,15-16,26H,14H2,1H3;2-6,8H,7H2,1H3;2-9H,13H2,1H3;1-4H2/b8-6+;5-3+;;/t16-;;9-;/m1.1./s1. The minimum atomic E-state index is -4.35. The highest BCUT2D eigenvalue weighted by Crippen LogP contribution is 2.31. The molecule has 7 rings (SSSR count). The number of ether oxygens (including phenoxy) is 2. The zero-order valence-corrected chi connectivity index (χ0v) is 34.5. The molecule has 0 aliphatic carbocycles. The summed E-state index contributed by atoms with van der Waals surface area (Å²) in [5.74, 6) is -0.432. The summed E-state index contributed by atoms with van der Waals surface area (Å²) in [6.07, 6.45) is 0.398. The van der Waals surface area contributed by atoms with Crippen molar-refractivity contribution in [2.45, 2.75) is 58.0 Å². The molecule has 1 aliphatic rings. The number of halogens is 6. The molecule has 3 N–H and O–H groups in total. The summed E-state index contributed by atoms with van der Waals surface area (Å²) < 4.78 is 84.9. The molecule has 2 atom stereocenters. The third-order valence-electron chi connectivity index (χ3n) is 9.40.